The average Bonchev–Trinajstić information content (AvgIpc) is 3.48. The Labute approximate surface area is 167 Å². The first-order valence-electron chi connectivity index (χ1n) is 9.03. The van der Waals surface area contributed by atoms with Gasteiger partial charge >= 0.3 is 5.97 Å². The molecule has 1 aromatic heterocycles. The standard InChI is InChI=1S/C20H20Cl2N2O3/c21-15-2-1-3-16(22)18(15)14-8-12(11-4-5-11)10-24(19(14)25)17-9-23-7-6-13(17)20(26)27/h1-3,6-7,9,11-12,14,19,25H,4-5,8,10H2,(H,26,27). The van der Waals surface area contributed by atoms with Crippen LogP contribution in [0.3, 0.4) is 0 Å². The zero-order valence-electron chi connectivity index (χ0n) is 14.6. The van der Waals surface area contributed by atoms with Crippen LogP contribution in [-0.4, -0.2) is 33.9 Å². The van der Waals surface area contributed by atoms with Crippen molar-refractivity contribution in [2.75, 3.05) is 11.4 Å². The van der Waals surface area contributed by atoms with Crippen LogP contribution in [0.25, 0.3) is 0 Å². The first kappa shape index (κ1) is 18.5. The molecule has 3 unspecified atom stereocenters. The molecule has 7 heteroatoms. The molecular weight excluding hydrogens is 387 g/mol. The monoisotopic (exact) mass is 406 g/mol. The van der Waals surface area contributed by atoms with Crippen LogP contribution in [0.2, 0.25) is 10.0 Å². The highest BCUT2D eigenvalue weighted by atomic mass is 35.5. The van der Waals surface area contributed by atoms with E-state index in [9.17, 15) is 15.0 Å². The van der Waals surface area contributed by atoms with Crippen LogP contribution in [0, 0.1) is 11.8 Å². The van der Waals surface area contributed by atoms with Crippen molar-refractivity contribution in [1.82, 2.24) is 4.98 Å². The topological polar surface area (TPSA) is 73.7 Å². The lowest BCUT2D eigenvalue weighted by atomic mass is 9.80. The minimum Gasteiger partial charge on any atom is -0.478 e. The number of carboxylic acid groups (broad SMARTS) is 1. The lowest BCUT2D eigenvalue weighted by Crippen LogP contribution is -2.49. The van der Waals surface area contributed by atoms with Gasteiger partial charge in [-0.1, -0.05) is 29.3 Å². The fourth-order valence-electron chi connectivity index (χ4n) is 4.18. The molecule has 1 aliphatic heterocycles. The molecule has 0 bridgehead atoms. The van der Waals surface area contributed by atoms with Gasteiger partial charge in [0, 0.05) is 28.7 Å². The summed E-state index contributed by atoms with van der Waals surface area (Å²) < 4.78 is 0. The summed E-state index contributed by atoms with van der Waals surface area (Å²) in [5.74, 6) is -0.408. The highest BCUT2D eigenvalue weighted by Gasteiger charge is 2.44. The van der Waals surface area contributed by atoms with Gasteiger partial charge in [-0.3, -0.25) is 4.98 Å². The lowest BCUT2D eigenvalue weighted by molar-refractivity contribution is 0.0692. The van der Waals surface area contributed by atoms with Crippen molar-refractivity contribution in [3.05, 3.63) is 57.8 Å². The van der Waals surface area contributed by atoms with Crippen molar-refractivity contribution in [3.8, 4) is 0 Å². The summed E-state index contributed by atoms with van der Waals surface area (Å²) in [6.45, 7) is 0.594. The number of hydrogen-bond acceptors (Lipinski definition) is 4. The molecule has 0 spiro atoms. The SMILES string of the molecule is O=C(O)c1ccncc1N1CC(C2CC2)CC(c2c(Cl)cccc2Cl)C1O. The van der Waals surface area contributed by atoms with Gasteiger partial charge in [-0.25, -0.2) is 4.79 Å². The Morgan fingerprint density at radius 2 is 1.85 bits per heavy atom. The molecule has 1 aromatic carbocycles. The van der Waals surface area contributed by atoms with E-state index in [-0.39, 0.29) is 11.5 Å². The quantitative estimate of drug-likeness (QED) is 0.785. The van der Waals surface area contributed by atoms with E-state index in [1.54, 1.807) is 23.1 Å². The Balaban J connectivity index is 1.77. The normalized spacial score (nSPS) is 25.4. The second kappa shape index (κ2) is 7.30. The maximum absolute atomic E-state index is 11.7. The van der Waals surface area contributed by atoms with Gasteiger partial charge in [0.05, 0.1) is 17.4 Å². The number of halogens is 2. The number of piperidine rings is 1. The zero-order valence-corrected chi connectivity index (χ0v) is 16.1. The van der Waals surface area contributed by atoms with Crippen molar-refractivity contribution < 1.29 is 15.0 Å². The summed E-state index contributed by atoms with van der Waals surface area (Å²) in [5, 5.41) is 21.8. The maximum Gasteiger partial charge on any atom is 0.337 e. The van der Waals surface area contributed by atoms with Gasteiger partial charge in [0.1, 0.15) is 6.23 Å². The molecule has 2 heterocycles. The fraction of sp³-hybridized carbons (Fsp3) is 0.400. The van der Waals surface area contributed by atoms with E-state index in [1.165, 1.54) is 18.5 Å². The van der Waals surface area contributed by atoms with Gasteiger partial charge in [0.2, 0.25) is 0 Å². The Morgan fingerprint density at radius 3 is 2.48 bits per heavy atom. The van der Waals surface area contributed by atoms with Crippen molar-refractivity contribution >= 4 is 34.9 Å². The third-order valence-electron chi connectivity index (χ3n) is 5.67. The minimum atomic E-state index is -1.04. The number of rotatable bonds is 4. The Bertz CT molecular complexity index is 852. The largest absolute Gasteiger partial charge is 0.478 e. The van der Waals surface area contributed by atoms with Crippen LogP contribution in [0.1, 0.15) is 41.1 Å². The van der Waals surface area contributed by atoms with Gasteiger partial charge in [0.25, 0.3) is 0 Å². The summed E-state index contributed by atoms with van der Waals surface area (Å²) in [5.41, 5.74) is 1.28. The van der Waals surface area contributed by atoms with E-state index in [0.29, 0.717) is 34.1 Å². The van der Waals surface area contributed by atoms with Crippen LogP contribution < -0.4 is 4.90 Å². The van der Waals surface area contributed by atoms with Crippen molar-refractivity contribution in [2.24, 2.45) is 11.8 Å². The summed E-state index contributed by atoms with van der Waals surface area (Å²) in [7, 11) is 0. The number of aromatic carboxylic acids is 1. The molecule has 3 atom stereocenters. The molecule has 2 N–H and O–H groups in total. The number of carbonyl (C=O) groups is 1. The summed E-state index contributed by atoms with van der Waals surface area (Å²) in [4.78, 5) is 17.5. The second-order valence-corrected chi connectivity index (χ2v) is 8.15. The predicted octanol–water partition coefficient (Wildman–Crippen LogP) is 4.43. The fourth-order valence-corrected chi connectivity index (χ4v) is 4.86. The first-order chi connectivity index (χ1) is 13.0. The third-order valence-corrected chi connectivity index (χ3v) is 6.33. The molecule has 2 aromatic rings. The highest BCUT2D eigenvalue weighted by Crippen LogP contribution is 2.49. The van der Waals surface area contributed by atoms with Gasteiger partial charge in [0.15, 0.2) is 0 Å². The summed E-state index contributed by atoms with van der Waals surface area (Å²) >= 11 is 12.9. The predicted molar refractivity (Wildman–Crippen MR) is 105 cm³/mol. The maximum atomic E-state index is 11.7. The van der Waals surface area contributed by atoms with E-state index in [1.807, 2.05) is 0 Å². The first-order valence-corrected chi connectivity index (χ1v) is 9.79. The van der Waals surface area contributed by atoms with E-state index >= 15 is 0 Å². The van der Waals surface area contributed by atoms with Crippen LogP contribution in [0.5, 0.6) is 0 Å². The second-order valence-electron chi connectivity index (χ2n) is 7.34. The molecule has 0 amide bonds. The lowest BCUT2D eigenvalue weighted by Gasteiger charge is -2.44. The number of anilines is 1. The molecule has 4 rings (SSSR count). The molecule has 1 saturated carbocycles. The van der Waals surface area contributed by atoms with E-state index < -0.39 is 12.2 Å². The molecular formula is C20H20Cl2N2O3. The van der Waals surface area contributed by atoms with Gasteiger partial charge in [-0.05, 0) is 54.9 Å². The third kappa shape index (κ3) is 3.51. The number of aliphatic hydroxyl groups excluding tert-OH is 1. The minimum absolute atomic E-state index is 0.129. The van der Waals surface area contributed by atoms with Crippen molar-refractivity contribution in [1.29, 1.82) is 0 Å². The van der Waals surface area contributed by atoms with Crippen LogP contribution >= 0.6 is 23.2 Å². The zero-order chi connectivity index (χ0) is 19.1. The number of aromatic nitrogens is 1. The molecule has 1 aliphatic carbocycles. The number of nitrogens with zero attached hydrogens (tertiary/aromatic N) is 2. The molecule has 5 nitrogen and oxygen atoms in total. The van der Waals surface area contributed by atoms with Crippen LogP contribution in [0.4, 0.5) is 5.69 Å². The van der Waals surface area contributed by atoms with E-state index in [4.69, 9.17) is 23.2 Å². The Hall–Kier alpha value is -1.82. The smallest absolute Gasteiger partial charge is 0.337 e. The van der Waals surface area contributed by atoms with E-state index in [0.717, 1.165) is 24.8 Å². The van der Waals surface area contributed by atoms with Crippen LogP contribution in [-0.2, 0) is 0 Å². The number of benzene rings is 1. The number of hydrogen-bond donors (Lipinski definition) is 2. The Morgan fingerprint density at radius 1 is 1.15 bits per heavy atom. The molecule has 27 heavy (non-hydrogen) atoms. The summed E-state index contributed by atoms with van der Waals surface area (Å²) in [6, 6.07) is 6.78. The van der Waals surface area contributed by atoms with Gasteiger partial charge in [-0.15, -0.1) is 0 Å². The molecule has 142 valence electrons. The van der Waals surface area contributed by atoms with Gasteiger partial charge in [-0.2, -0.15) is 0 Å². The summed E-state index contributed by atoms with van der Waals surface area (Å²) in [6.07, 6.45) is 5.12. The van der Waals surface area contributed by atoms with E-state index in [2.05, 4.69) is 4.98 Å². The Kier molecular flexibility index (Phi) is 5.01. The average molecular weight is 407 g/mol. The molecule has 2 fully saturated rings. The number of carboxylic acids is 1. The number of aliphatic hydroxyl groups is 1. The number of pyridine rings is 1. The van der Waals surface area contributed by atoms with Crippen molar-refractivity contribution in [3.63, 3.8) is 0 Å². The van der Waals surface area contributed by atoms with Crippen LogP contribution in [0.15, 0.2) is 36.7 Å². The van der Waals surface area contributed by atoms with Gasteiger partial charge < -0.3 is 15.1 Å². The molecule has 2 aliphatic rings. The molecule has 0 radical (unpaired) electrons. The highest BCUT2D eigenvalue weighted by molar-refractivity contribution is 6.36. The van der Waals surface area contributed by atoms with Crippen molar-refractivity contribution in [2.45, 2.75) is 31.4 Å². The molecule has 1 saturated heterocycles.